The molecule has 24 heavy (non-hydrogen) atoms. The number of rotatable bonds is 8. The normalized spacial score (nSPS) is 10.8. The highest BCUT2D eigenvalue weighted by molar-refractivity contribution is 5.72. The maximum absolute atomic E-state index is 11.0. The second-order valence-corrected chi connectivity index (χ2v) is 5.27. The Morgan fingerprint density at radius 1 is 0.917 bits per heavy atom. The van der Waals surface area contributed by atoms with Crippen molar-refractivity contribution in [1.29, 1.82) is 0 Å². The van der Waals surface area contributed by atoms with E-state index in [0.717, 1.165) is 22.4 Å². The summed E-state index contributed by atoms with van der Waals surface area (Å²) < 4.78 is 15.4. The number of carbonyl (C=O) groups excluding carboxylic acids is 1. The maximum atomic E-state index is 11.0. The van der Waals surface area contributed by atoms with Gasteiger partial charge in [-0.05, 0) is 28.8 Å². The summed E-state index contributed by atoms with van der Waals surface area (Å²) in [6.07, 6.45) is 3.98. The molecule has 0 spiro atoms. The Balaban J connectivity index is 1.77. The minimum atomic E-state index is -0.241. The van der Waals surface area contributed by atoms with Crippen molar-refractivity contribution in [3.05, 3.63) is 71.3 Å². The predicted octanol–water partition coefficient (Wildman–Crippen LogP) is 3.99. The van der Waals surface area contributed by atoms with E-state index in [4.69, 9.17) is 9.47 Å². The maximum Gasteiger partial charge on any atom is 0.309 e. The van der Waals surface area contributed by atoms with Gasteiger partial charge in [-0.25, -0.2) is 0 Å². The van der Waals surface area contributed by atoms with Crippen LogP contribution in [0.2, 0.25) is 0 Å². The van der Waals surface area contributed by atoms with Crippen LogP contribution < -0.4 is 4.74 Å². The number of carbonyl (C=O) groups is 1. The summed E-state index contributed by atoms with van der Waals surface area (Å²) in [5.74, 6) is 0.601. The van der Waals surface area contributed by atoms with Gasteiger partial charge < -0.3 is 14.2 Å². The van der Waals surface area contributed by atoms with E-state index in [1.54, 1.807) is 13.2 Å². The number of hydrogen-bond acceptors (Lipinski definition) is 4. The van der Waals surface area contributed by atoms with E-state index in [2.05, 4.69) is 4.74 Å². The van der Waals surface area contributed by atoms with Crippen LogP contribution in [0.5, 0.6) is 5.75 Å². The number of ether oxygens (including phenoxy) is 3. The van der Waals surface area contributed by atoms with Crippen LogP contribution in [0.4, 0.5) is 0 Å². The molecule has 0 amide bonds. The Morgan fingerprint density at radius 3 is 2.04 bits per heavy atom. The van der Waals surface area contributed by atoms with Crippen LogP contribution in [-0.2, 0) is 27.5 Å². The quantitative estimate of drug-likeness (QED) is 0.688. The molecule has 0 heterocycles. The fraction of sp³-hybridized carbons (Fsp3) is 0.250. The van der Waals surface area contributed by atoms with Crippen LogP contribution in [0.25, 0.3) is 6.08 Å². The van der Waals surface area contributed by atoms with Crippen LogP contribution in [-0.4, -0.2) is 20.2 Å². The lowest BCUT2D eigenvalue weighted by Crippen LogP contribution is -1.96. The van der Waals surface area contributed by atoms with Gasteiger partial charge in [-0.3, -0.25) is 4.79 Å². The molecule has 0 atom stereocenters. The van der Waals surface area contributed by atoms with Crippen molar-refractivity contribution in [2.24, 2.45) is 0 Å². The van der Waals surface area contributed by atoms with Crippen molar-refractivity contribution in [3.8, 4) is 5.75 Å². The average molecular weight is 326 g/mol. The highest BCUT2D eigenvalue weighted by Crippen LogP contribution is 2.13. The molecule has 0 saturated carbocycles. The topological polar surface area (TPSA) is 44.8 Å². The average Bonchev–Trinajstić information content (AvgIpc) is 2.63. The third kappa shape index (κ3) is 5.89. The summed E-state index contributed by atoms with van der Waals surface area (Å²) in [7, 11) is 3.04. The van der Waals surface area contributed by atoms with E-state index in [1.165, 1.54) is 7.11 Å². The zero-order valence-corrected chi connectivity index (χ0v) is 14.0. The highest BCUT2D eigenvalue weighted by Gasteiger charge is 1.98. The van der Waals surface area contributed by atoms with Gasteiger partial charge in [0.15, 0.2) is 0 Å². The van der Waals surface area contributed by atoms with Gasteiger partial charge in [0, 0.05) is 0 Å². The number of esters is 1. The van der Waals surface area contributed by atoms with Gasteiger partial charge in [-0.2, -0.15) is 0 Å². The van der Waals surface area contributed by atoms with Gasteiger partial charge in [-0.1, -0.05) is 48.6 Å². The second-order valence-electron chi connectivity index (χ2n) is 5.27. The summed E-state index contributed by atoms with van der Waals surface area (Å²) in [6.45, 7) is 1.11. The molecule has 2 aromatic rings. The minimum Gasteiger partial charge on any atom is -0.497 e. The Hall–Kier alpha value is -2.59. The van der Waals surface area contributed by atoms with Crippen molar-refractivity contribution < 1.29 is 19.0 Å². The highest BCUT2D eigenvalue weighted by atomic mass is 16.5. The second kappa shape index (κ2) is 9.53. The standard InChI is InChI=1S/C20H22O4/c1-22-19-12-10-18(11-13-19)15-24-14-17-8-6-16(7-9-17)4-3-5-20(21)23-2/h3-4,6-13H,5,14-15H2,1-2H3/b4-3+. The molecule has 0 aliphatic rings. The van der Waals surface area contributed by atoms with Crippen molar-refractivity contribution in [2.45, 2.75) is 19.6 Å². The van der Waals surface area contributed by atoms with Gasteiger partial charge in [0.05, 0.1) is 33.9 Å². The molecule has 0 unspecified atom stereocenters. The van der Waals surface area contributed by atoms with E-state index in [0.29, 0.717) is 13.2 Å². The summed E-state index contributed by atoms with van der Waals surface area (Å²) in [5, 5.41) is 0. The van der Waals surface area contributed by atoms with E-state index in [9.17, 15) is 4.79 Å². The third-order valence-electron chi connectivity index (χ3n) is 3.50. The van der Waals surface area contributed by atoms with Crippen molar-refractivity contribution >= 4 is 12.0 Å². The Morgan fingerprint density at radius 2 is 1.50 bits per heavy atom. The lowest BCUT2D eigenvalue weighted by molar-refractivity contribution is -0.139. The van der Waals surface area contributed by atoms with Crippen molar-refractivity contribution in [3.63, 3.8) is 0 Å². The molecule has 126 valence electrons. The summed E-state index contributed by atoms with van der Waals surface area (Å²) >= 11 is 0. The molecule has 0 aromatic heterocycles. The first-order valence-electron chi connectivity index (χ1n) is 7.74. The van der Waals surface area contributed by atoms with E-state index >= 15 is 0 Å². The first-order valence-corrected chi connectivity index (χ1v) is 7.74. The van der Waals surface area contributed by atoms with Gasteiger partial charge in [0.2, 0.25) is 0 Å². The van der Waals surface area contributed by atoms with E-state index in [1.807, 2.05) is 54.6 Å². The Labute approximate surface area is 142 Å². The van der Waals surface area contributed by atoms with Gasteiger partial charge >= 0.3 is 5.97 Å². The Kier molecular flexibility index (Phi) is 7.05. The van der Waals surface area contributed by atoms with Crippen LogP contribution in [0, 0.1) is 0 Å². The molecule has 2 aromatic carbocycles. The lowest BCUT2D eigenvalue weighted by atomic mass is 10.1. The third-order valence-corrected chi connectivity index (χ3v) is 3.50. The van der Waals surface area contributed by atoms with E-state index < -0.39 is 0 Å². The van der Waals surface area contributed by atoms with Gasteiger partial charge in [0.25, 0.3) is 0 Å². The van der Waals surface area contributed by atoms with Crippen molar-refractivity contribution in [1.82, 2.24) is 0 Å². The first-order chi connectivity index (χ1) is 11.7. The monoisotopic (exact) mass is 326 g/mol. The zero-order chi connectivity index (χ0) is 17.2. The summed E-state index contributed by atoms with van der Waals surface area (Å²) in [6, 6.07) is 15.9. The smallest absolute Gasteiger partial charge is 0.309 e. The van der Waals surface area contributed by atoms with Crippen LogP contribution in [0.15, 0.2) is 54.6 Å². The predicted molar refractivity (Wildman–Crippen MR) is 93.6 cm³/mol. The fourth-order valence-electron chi connectivity index (χ4n) is 2.11. The number of hydrogen-bond donors (Lipinski definition) is 0. The molecule has 0 saturated heterocycles. The zero-order valence-electron chi connectivity index (χ0n) is 14.0. The van der Waals surface area contributed by atoms with Gasteiger partial charge in [0.1, 0.15) is 5.75 Å². The molecule has 0 radical (unpaired) electrons. The van der Waals surface area contributed by atoms with Crippen LogP contribution >= 0.6 is 0 Å². The van der Waals surface area contributed by atoms with E-state index in [-0.39, 0.29) is 12.4 Å². The molecule has 2 rings (SSSR count). The largest absolute Gasteiger partial charge is 0.497 e. The molecule has 0 aliphatic heterocycles. The molecule has 0 aliphatic carbocycles. The SMILES string of the molecule is COC(=O)C/C=C/c1ccc(COCc2ccc(OC)cc2)cc1. The van der Waals surface area contributed by atoms with Crippen molar-refractivity contribution in [2.75, 3.05) is 14.2 Å². The first kappa shape index (κ1) is 17.8. The summed E-state index contributed by atoms with van der Waals surface area (Å²) in [5.41, 5.74) is 3.25. The molecule has 0 bridgehead atoms. The lowest BCUT2D eigenvalue weighted by Gasteiger charge is -2.06. The molecule has 4 heteroatoms. The molecular formula is C20H22O4. The van der Waals surface area contributed by atoms with Gasteiger partial charge in [-0.15, -0.1) is 0 Å². The Bertz CT molecular complexity index is 657. The fourth-order valence-corrected chi connectivity index (χ4v) is 2.11. The van der Waals surface area contributed by atoms with Crippen LogP contribution in [0.1, 0.15) is 23.1 Å². The molecule has 0 fully saturated rings. The molecule has 0 N–H and O–H groups in total. The summed E-state index contributed by atoms with van der Waals surface area (Å²) in [4.78, 5) is 11.0. The number of benzene rings is 2. The number of methoxy groups -OCH3 is 2. The minimum absolute atomic E-state index is 0.241. The van der Waals surface area contributed by atoms with Crippen LogP contribution in [0.3, 0.4) is 0 Å². The molecular weight excluding hydrogens is 304 g/mol. The molecule has 4 nitrogen and oxygen atoms in total.